The molecule has 148 valence electrons. The Morgan fingerprint density at radius 2 is 1.77 bits per heavy atom. The molecule has 30 heavy (non-hydrogen) atoms. The second-order valence-corrected chi connectivity index (χ2v) is 8.57. The van der Waals surface area contributed by atoms with Crippen molar-refractivity contribution < 1.29 is 9.53 Å². The van der Waals surface area contributed by atoms with Crippen molar-refractivity contribution in [1.82, 2.24) is 4.98 Å². The molecule has 5 rings (SSSR count). The van der Waals surface area contributed by atoms with E-state index in [4.69, 9.17) is 4.74 Å². The summed E-state index contributed by atoms with van der Waals surface area (Å²) in [5.74, 6) is 1.74. The smallest absolute Gasteiger partial charge is 0.168 e. The largest absolute Gasteiger partial charge is 0.487 e. The number of carbonyl (C=O) groups is 1. The first-order valence-corrected chi connectivity index (χ1v) is 11.1. The average Bonchev–Trinajstić information content (AvgIpc) is 2.80. The number of rotatable bonds is 5. The highest BCUT2D eigenvalue weighted by Crippen LogP contribution is 2.36. The van der Waals surface area contributed by atoms with Gasteiger partial charge in [0.25, 0.3) is 0 Å². The Hall–Kier alpha value is -3.11. The van der Waals surface area contributed by atoms with E-state index in [1.165, 1.54) is 5.56 Å². The van der Waals surface area contributed by atoms with Crippen LogP contribution in [0.2, 0.25) is 0 Å². The van der Waals surface area contributed by atoms with Crippen LogP contribution in [0.4, 0.5) is 0 Å². The maximum atomic E-state index is 13.1. The Balaban J connectivity index is 1.31. The number of ether oxygens (including phenoxy) is 1. The first kappa shape index (κ1) is 18.9. The summed E-state index contributed by atoms with van der Waals surface area (Å²) in [6.07, 6.45) is 0.776. The van der Waals surface area contributed by atoms with Crippen molar-refractivity contribution in [3.05, 3.63) is 102 Å². The van der Waals surface area contributed by atoms with Gasteiger partial charge in [0.1, 0.15) is 12.4 Å². The molecule has 3 aromatic carbocycles. The predicted octanol–water partition coefficient (Wildman–Crippen LogP) is 5.96. The van der Waals surface area contributed by atoms with Gasteiger partial charge in [0.2, 0.25) is 0 Å². The molecule has 0 amide bonds. The number of pyridine rings is 1. The molecule has 4 aromatic rings. The molecule has 0 fully saturated rings. The van der Waals surface area contributed by atoms with Gasteiger partial charge in [-0.3, -0.25) is 4.79 Å². The number of aromatic nitrogens is 1. The summed E-state index contributed by atoms with van der Waals surface area (Å²) in [5.41, 5.74) is 3.80. The first-order valence-electron chi connectivity index (χ1n) is 10.1. The molecule has 0 saturated carbocycles. The first-order chi connectivity index (χ1) is 14.8. The number of thioether (sulfide) groups is 1. The lowest BCUT2D eigenvalue weighted by Gasteiger charge is -2.23. The van der Waals surface area contributed by atoms with E-state index in [9.17, 15) is 4.79 Å². The fraction of sp³-hybridized carbons (Fsp3) is 0.154. The second kappa shape index (κ2) is 8.33. The van der Waals surface area contributed by atoms with Gasteiger partial charge in [-0.25, -0.2) is 4.98 Å². The minimum Gasteiger partial charge on any atom is -0.487 e. The zero-order valence-electron chi connectivity index (χ0n) is 16.5. The molecule has 2 heterocycles. The van der Waals surface area contributed by atoms with Crippen molar-refractivity contribution in [2.45, 2.75) is 17.9 Å². The summed E-state index contributed by atoms with van der Waals surface area (Å²) in [5, 5.41) is 1.11. The summed E-state index contributed by atoms with van der Waals surface area (Å²) in [7, 11) is 0. The molecule has 1 aliphatic rings. The van der Waals surface area contributed by atoms with Crippen LogP contribution in [0, 0.1) is 5.92 Å². The highest BCUT2D eigenvalue weighted by atomic mass is 32.2. The fourth-order valence-corrected chi connectivity index (χ4v) is 4.93. The Bertz CT molecular complexity index is 1210. The molecular weight excluding hydrogens is 390 g/mol. The molecule has 0 radical (unpaired) electrons. The third-order valence-electron chi connectivity index (χ3n) is 5.40. The van der Waals surface area contributed by atoms with Gasteiger partial charge in [-0.2, -0.15) is 0 Å². The fourth-order valence-electron chi connectivity index (χ4n) is 3.80. The molecule has 0 N–H and O–H groups in total. The summed E-state index contributed by atoms with van der Waals surface area (Å²) >= 11 is 1.76. The van der Waals surface area contributed by atoms with Crippen LogP contribution < -0.4 is 4.74 Å². The summed E-state index contributed by atoms with van der Waals surface area (Å²) < 4.78 is 5.98. The molecule has 0 aliphatic carbocycles. The highest BCUT2D eigenvalue weighted by Gasteiger charge is 2.28. The van der Waals surface area contributed by atoms with Crippen molar-refractivity contribution in [3.63, 3.8) is 0 Å². The lowest BCUT2D eigenvalue weighted by atomic mass is 9.92. The van der Waals surface area contributed by atoms with E-state index in [1.807, 2.05) is 66.7 Å². The number of ketones is 1. The topological polar surface area (TPSA) is 39.2 Å². The quantitative estimate of drug-likeness (QED) is 0.406. The molecule has 0 saturated heterocycles. The van der Waals surface area contributed by atoms with Crippen molar-refractivity contribution in [2.75, 3.05) is 5.75 Å². The van der Waals surface area contributed by atoms with Gasteiger partial charge in [0.05, 0.1) is 11.2 Å². The van der Waals surface area contributed by atoms with E-state index in [1.54, 1.807) is 11.8 Å². The van der Waals surface area contributed by atoms with Crippen LogP contribution in [-0.4, -0.2) is 16.5 Å². The molecule has 4 heteroatoms. The van der Waals surface area contributed by atoms with Gasteiger partial charge in [-0.1, -0.05) is 54.6 Å². The zero-order chi connectivity index (χ0) is 20.3. The third kappa shape index (κ3) is 3.96. The summed E-state index contributed by atoms with van der Waals surface area (Å²) in [4.78, 5) is 18.8. The second-order valence-electron chi connectivity index (χ2n) is 7.50. The predicted molar refractivity (Wildman–Crippen MR) is 121 cm³/mol. The number of nitrogens with zero attached hydrogens (tertiary/aromatic N) is 1. The van der Waals surface area contributed by atoms with E-state index in [2.05, 4.69) is 23.2 Å². The lowest BCUT2D eigenvalue weighted by molar-refractivity contribution is 0.0925. The van der Waals surface area contributed by atoms with Crippen LogP contribution in [0.1, 0.15) is 21.6 Å². The number of hydrogen-bond acceptors (Lipinski definition) is 4. The zero-order valence-corrected chi connectivity index (χ0v) is 17.3. The SMILES string of the molecule is O=C1c2cc(OCc3ccc4ccccc4n3)ccc2SCC1Cc1ccccc1. The molecule has 3 nitrogen and oxygen atoms in total. The van der Waals surface area contributed by atoms with Crippen LogP contribution in [0.25, 0.3) is 10.9 Å². The minimum absolute atomic E-state index is 0.00213. The molecule has 0 bridgehead atoms. The van der Waals surface area contributed by atoms with Crippen molar-refractivity contribution >= 4 is 28.4 Å². The van der Waals surface area contributed by atoms with Crippen LogP contribution in [0.3, 0.4) is 0 Å². The van der Waals surface area contributed by atoms with Gasteiger partial charge in [-0.15, -0.1) is 11.8 Å². The Labute approximate surface area is 180 Å². The van der Waals surface area contributed by atoms with Crippen LogP contribution in [0.5, 0.6) is 5.75 Å². The minimum atomic E-state index is 0.00213. The summed E-state index contributed by atoms with van der Waals surface area (Å²) in [6, 6.07) is 28.1. The van der Waals surface area contributed by atoms with Gasteiger partial charge in [-0.05, 0) is 42.3 Å². The highest BCUT2D eigenvalue weighted by molar-refractivity contribution is 7.99. The van der Waals surface area contributed by atoms with Crippen molar-refractivity contribution in [3.8, 4) is 5.75 Å². The van der Waals surface area contributed by atoms with E-state index in [-0.39, 0.29) is 11.7 Å². The van der Waals surface area contributed by atoms with Gasteiger partial charge < -0.3 is 4.74 Å². The molecule has 1 aliphatic heterocycles. The number of fused-ring (bicyclic) bond motifs is 2. The van der Waals surface area contributed by atoms with Gasteiger partial charge >= 0.3 is 0 Å². The normalized spacial score (nSPS) is 15.7. The van der Waals surface area contributed by atoms with E-state index < -0.39 is 0 Å². The number of para-hydroxylation sites is 1. The van der Waals surface area contributed by atoms with Crippen molar-refractivity contribution in [2.24, 2.45) is 5.92 Å². The maximum Gasteiger partial charge on any atom is 0.168 e. The van der Waals surface area contributed by atoms with Gasteiger partial charge in [0, 0.05) is 27.5 Å². The maximum absolute atomic E-state index is 13.1. The van der Waals surface area contributed by atoms with Gasteiger partial charge in [0.15, 0.2) is 5.78 Å². The van der Waals surface area contributed by atoms with E-state index >= 15 is 0 Å². The third-order valence-corrected chi connectivity index (χ3v) is 6.63. The Morgan fingerprint density at radius 3 is 2.67 bits per heavy atom. The van der Waals surface area contributed by atoms with Crippen LogP contribution in [-0.2, 0) is 13.0 Å². The number of hydrogen-bond donors (Lipinski definition) is 0. The Morgan fingerprint density at radius 1 is 0.933 bits per heavy atom. The molecular formula is C26H21NO2S. The molecule has 0 spiro atoms. The van der Waals surface area contributed by atoms with E-state index in [0.29, 0.717) is 12.4 Å². The van der Waals surface area contributed by atoms with Crippen LogP contribution >= 0.6 is 11.8 Å². The molecule has 1 atom stereocenters. The van der Waals surface area contributed by atoms with E-state index in [0.717, 1.165) is 39.2 Å². The molecule has 1 unspecified atom stereocenters. The molecule has 1 aromatic heterocycles. The monoisotopic (exact) mass is 411 g/mol. The standard InChI is InChI=1S/C26H21NO2S/c28-26-20(14-18-6-2-1-3-7-18)17-30-25-13-12-22(15-23(25)26)29-16-21-11-10-19-8-4-5-9-24(19)27-21/h1-13,15,20H,14,16-17H2. The Kier molecular flexibility index (Phi) is 5.24. The van der Waals surface area contributed by atoms with Crippen LogP contribution in [0.15, 0.2) is 89.8 Å². The lowest BCUT2D eigenvalue weighted by Crippen LogP contribution is -2.24. The summed E-state index contributed by atoms with van der Waals surface area (Å²) in [6.45, 7) is 0.373. The number of Topliss-reactive ketones (excluding diaryl/α,β-unsaturated/α-hetero) is 1. The average molecular weight is 412 g/mol. The number of carbonyl (C=O) groups excluding carboxylic acids is 1. The van der Waals surface area contributed by atoms with Crippen molar-refractivity contribution in [1.29, 1.82) is 0 Å². The number of benzene rings is 3.